The maximum absolute atomic E-state index is 12.1. The molecule has 2 aromatic rings. The van der Waals surface area contributed by atoms with E-state index in [2.05, 4.69) is 10.9 Å². The first-order chi connectivity index (χ1) is 12.3. The fraction of sp³-hybridized carbons (Fsp3) is 0.333. The van der Waals surface area contributed by atoms with Crippen molar-refractivity contribution in [3.05, 3.63) is 64.2 Å². The summed E-state index contributed by atoms with van der Waals surface area (Å²) in [6, 6.07) is 11.6. The maximum Gasteiger partial charge on any atom is 0.279 e. The number of ether oxygens (including phenoxy) is 1. The number of benzene rings is 2. The van der Waals surface area contributed by atoms with E-state index in [9.17, 15) is 9.59 Å². The van der Waals surface area contributed by atoms with E-state index in [0.29, 0.717) is 5.75 Å². The molecule has 0 aromatic heterocycles. The third-order valence-electron chi connectivity index (χ3n) is 4.49. The van der Waals surface area contributed by atoms with Gasteiger partial charge in [-0.15, -0.1) is 0 Å². The molecule has 0 aliphatic rings. The second-order valence-corrected chi connectivity index (χ2v) is 6.59. The van der Waals surface area contributed by atoms with Crippen LogP contribution in [0.15, 0.2) is 36.4 Å². The summed E-state index contributed by atoms with van der Waals surface area (Å²) in [4.78, 5) is 24.2. The van der Waals surface area contributed by atoms with E-state index in [-0.39, 0.29) is 12.3 Å². The first-order valence-electron chi connectivity index (χ1n) is 8.65. The number of rotatable bonds is 5. The van der Waals surface area contributed by atoms with E-state index in [4.69, 9.17) is 4.74 Å². The van der Waals surface area contributed by atoms with E-state index in [0.717, 1.165) is 22.3 Å². The minimum absolute atomic E-state index is 0.202. The molecular weight excluding hydrogens is 328 g/mol. The predicted molar refractivity (Wildman–Crippen MR) is 102 cm³/mol. The summed E-state index contributed by atoms with van der Waals surface area (Å²) in [6.45, 7) is 9.61. The maximum atomic E-state index is 12.1. The number of hydrogen-bond acceptors (Lipinski definition) is 3. The lowest BCUT2D eigenvalue weighted by Crippen LogP contribution is -2.47. The highest BCUT2D eigenvalue weighted by Gasteiger charge is 2.16. The fourth-order valence-corrected chi connectivity index (χ4v) is 2.47. The lowest BCUT2D eigenvalue weighted by molar-refractivity contribution is -0.132. The van der Waals surface area contributed by atoms with Gasteiger partial charge in [-0.25, -0.2) is 0 Å². The van der Waals surface area contributed by atoms with E-state index >= 15 is 0 Å². The number of nitrogens with one attached hydrogen (secondary N) is 2. The quantitative estimate of drug-likeness (QED) is 0.811. The molecule has 0 unspecified atom stereocenters. The van der Waals surface area contributed by atoms with Crippen LogP contribution in [0.3, 0.4) is 0 Å². The number of carbonyl (C=O) groups excluding carboxylic acids is 2. The Labute approximate surface area is 154 Å². The van der Waals surface area contributed by atoms with Crippen molar-refractivity contribution in [2.24, 2.45) is 0 Å². The third-order valence-corrected chi connectivity index (χ3v) is 4.49. The Balaban J connectivity index is 1.85. The molecular formula is C21H26N2O3. The van der Waals surface area contributed by atoms with Crippen LogP contribution in [0, 0.1) is 27.7 Å². The van der Waals surface area contributed by atoms with E-state index in [1.807, 2.05) is 64.1 Å². The first kappa shape index (κ1) is 19.5. The first-order valence-corrected chi connectivity index (χ1v) is 8.65. The van der Waals surface area contributed by atoms with Crippen molar-refractivity contribution in [3.63, 3.8) is 0 Å². The molecule has 26 heavy (non-hydrogen) atoms. The zero-order valence-electron chi connectivity index (χ0n) is 16.0. The molecule has 0 saturated heterocycles. The Morgan fingerprint density at radius 3 is 2.38 bits per heavy atom. The lowest BCUT2D eigenvalue weighted by atomic mass is 10.0. The molecule has 2 aromatic carbocycles. The molecule has 0 heterocycles. The molecule has 0 spiro atoms. The van der Waals surface area contributed by atoms with Crippen LogP contribution < -0.4 is 15.6 Å². The second-order valence-electron chi connectivity index (χ2n) is 6.59. The van der Waals surface area contributed by atoms with Crippen molar-refractivity contribution in [1.29, 1.82) is 0 Å². The van der Waals surface area contributed by atoms with Crippen molar-refractivity contribution in [3.8, 4) is 5.75 Å². The summed E-state index contributed by atoms with van der Waals surface area (Å²) in [7, 11) is 0. The number of aryl methyl sites for hydroxylation is 3. The number of hydrazine groups is 1. The van der Waals surface area contributed by atoms with Crippen molar-refractivity contribution in [2.75, 3.05) is 0 Å². The number of carbonyl (C=O) groups is 2. The zero-order chi connectivity index (χ0) is 19.3. The number of amides is 2. The average Bonchev–Trinajstić information content (AvgIpc) is 2.60. The highest BCUT2D eigenvalue weighted by atomic mass is 16.5. The summed E-state index contributed by atoms with van der Waals surface area (Å²) >= 11 is 0. The van der Waals surface area contributed by atoms with E-state index < -0.39 is 12.0 Å². The molecule has 2 rings (SSSR count). The predicted octanol–water partition coefficient (Wildman–Crippen LogP) is 3.08. The second kappa shape index (κ2) is 8.52. The van der Waals surface area contributed by atoms with Crippen molar-refractivity contribution >= 4 is 11.8 Å². The number of hydrogen-bond donors (Lipinski definition) is 2. The molecule has 138 valence electrons. The third kappa shape index (κ3) is 5.09. The van der Waals surface area contributed by atoms with Crippen LogP contribution in [0.4, 0.5) is 0 Å². The summed E-state index contributed by atoms with van der Waals surface area (Å²) in [5.41, 5.74) is 10.2. The zero-order valence-corrected chi connectivity index (χ0v) is 16.0. The van der Waals surface area contributed by atoms with Gasteiger partial charge in [0, 0.05) is 0 Å². The highest BCUT2D eigenvalue weighted by Crippen LogP contribution is 2.21. The van der Waals surface area contributed by atoms with Gasteiger partial charge in [-0.3, -0.25) is 20.4 Å². The Kier molecular flexibility index (Phi) is 6.39. The van der Waals surface area contributed by atoms with Gasteiger partial charge >= 0.3 is 0 Å². The van der Waals surface area contributed by atoms with Gasteiger partial charge < -0.3 is 4.74 Å². The lowest BCUT2D eigenvalue weighted by Gasteiger charge is -2.17. The van der Waals surface area contributed by atoms with Gasteiger partial charge in [-0.2, -0.15) is 0 Å². The Morgan fingerprint density at radius 1 is 0.962 bits per heavy atom. The largest absolute Gasteiger partial charge is 0.481 e. The molecule has 0 aliphatic heterocycles. The van der Waals surface area contributed by atoms with E-state index in [1.54, 1.807) is 6.92 Å². The van der Waals surface area contributed by atoms with Crippen LogP contribution in [0.5, 0.6) is 5.75 Å². The molecule has 5 heteroatoms. The summed E-state index contributed by atoms with van der Waals surface area (Å²) in [5.74, 6) is -0.0195. The van der Waals surface area contributed by atoms with E-state index in [1.165, 1.54) is 5.56 Å². The summed E-state index contributed by atoms with van der Waals surface area (Å²) in [6.07, 6.45) is -0.523. The van der Waals surface area contributed by atoms with Crippen LogP contribution in [-0.4, -0.2) is 17.9 Å². The van der Waals surface area contributed by atoms with Gasteiger partial charge in [0.05, 0.1) is 6.42 Å². The normalized spacial score (nSPS) is 11.6. The van der Waals surface area contributed by atoms with Crippen molar-refractivity contribution in [2.45, 2.75) is 47.1 Å². The minimum atomic E-state index is -0.725. The molecule has 2 N–H and O–H groups in total. The summed E-state index contributed by atoms with van der Waals surface area (Å²) < 4.78 is 5.70. The molecule has 0 radical (unpaired) electrons. The highest BCUT2D eigenvalue weighted by molar-refractivity contribution is 5.85. The molecule has 5 nitrogen and oxygen atoms in total. The van der Waals surface area contributed by atoms with Crippen LogP contribution in [0.25, 0.3) is 0 Å². The van der Waals surface area contributed by atoms with Gasteiger partial charge in [0.15, 0.2) is 6.10 Å². The van der Waals surface area contributed by atoms with Crippen LogP contribution in [0.2, 0.25) is 0 Å². The van der Waals surface area contributed by atoms with Gasteiger partial charge in [-0.05, 0) is 68.5 Å². The van der Waals surface area contributed by atoms with Gasteiger partial charge in [0.1, 0.15) is 5.75 Å². The molecule has 2 amide bonds. The smallest absolute Gasteiger partial charge is 0.279 e. The topological polar surface area (TPSA) is 67.4 Å². The standard InChI is InChI=1S/C21H26N2O3/c1-13-9-10-18(11-15(13)3)12-20(24)22-23-21(25)17(5)26-19-8-6-7-14(2)16(19)4/h6-11,17H,12H2,1-5H3,(H,22,24)(H,23,25)/t17-/m0/s1. The van der Waals surface area contributed by atoms with Crippen molar-refractivity contribution < 1.29 is 14.3 Å². The van der Waals surface area contributed by atoms with Crippen LogP contribution in [0.1, 0.15) is 34.7 Å². The monoisotopic (exact) mass is 354 g/mol. The van der Waals surface area contributed by atoms with Gasteiger partial charge in [0.2, 0.25) is 5.91 Å². The van der Waals surface area contributed by atoms with Gasteiger partial charge in [0.25, 0.3) is 5.91 Å². The Morgan fingerprint density at radius 2 is 1.69 bits per heavy atom. The SMILES string of the molecule is Cc1ccc(CC(=O)NNC(=O)[C@H](C)Oc2cccc(C)c2C)cc1C. The van der Waals surface area contributed by atoms with Gasteiger partial charge in [-0.1, -0.05) is 30.3 Å². The molecule has 0 aliphatic carbocycles. The Bertz CT molecular complexity index is 815. The molecule has 0 saturated carbocycles. The minimum Gasteiger partial charge on any atom is -0.481 e. The fourth-order valence-electron chi connectivity index (χ4n) is 2.47. The molecule has 1 atom stereocenters. The average molecular weight is 354 g/mol. The molecule has 0 fully saturated rings. The Hall–Kier alpha value is -2.82. The van der Waals surface area contributed by atoms with Crippen molar-refractivity contribution in [1.82, 2.24) is 10.9 Å². The van der Waals surface area contributed by atoms with Crippen LogP contribution in [-0.2, 0) is 16.0 Å². The molecule has 0 bridgehead atoms. The summed E-state index contributed by atoms with van der Waals surface area (Å²) in [5, 5.41) is 0. The van der Waals surface area contributed by atoms with Crippen LogP contribution >= 0.6 is 0 Å².